The van der Waals surface area contributed by atoms with Gasteiger partial charge in [-0.05, 0) is 37.1 Å². The van der Waals surface area contributed by atoms with E-state index in [2.05, 4.69) is 10.4 Å². The molecule has 0 fully saturated rings. The number of carbonyl (C=O) groups excluding carboxylic acids is 1. The summed E-state index contributed by atoms with van der Waals surface area (Å²) in [4.78, 5) is 26.4. The molecule has 2 aromatic carbocycles. The normalized spacial score (nSPS) is 15.7. The smallest absolute Gasteiger partial charge is 0.276 e. The van der Waals surface area contributed by atoms with Crippen molar-refractivity contribution in [3.8, 4) is 5.69 Å². The summed E-state index contributed by atoms with van der Waals surface area (Å²) in [5.74, 6) is -0.156. The first-order chi connectivity index (χ1) is 13.5. The number of fused-ring (bicyclic) bond motifs is 1. The minimum absolute atomic E-state index is 0.186. The fraction of sp³-hybridized carbons (Fsp3) is 0.190. The lowest BCUT2D eigenvalue weighted by molar-refractivity contribution is 0.0927. The summed E-state index contributed by atoms with van der Waals surface area (Å²) in [5.41, 5.74) is 0.943. The Hall–Kier alpha value is -2.93. The van der Waals surface area contributed by atoms with Gasteiger partial charge in [-0.15, -0.1) is 11.8 Å². The number of rotatable bonds is 3. The van der Waals surface area contributed by atoms with Crippen LogP contribution >= 0.6 is 11.8 Å². The van der Waals surface area contributed by atoms with Crippen molar-refractivity contribution in [3.63, 3.8) is 0 Å². The molecule has 28 heavy (non-hydrogen) atoms. The Bertz CT molecular complexity index is 1110. The third-order valence-corrected chi connectivity index (χ3v) is 5.79. The first-order valence-corrected chi connectivity index (χ1v) is 9.91. The van der Waals surface area contributed by atoms with Crippen molar-refractivity contribution in [2.45, 2.75) is 24.3 Å². The number of halogens is 1. The Morgan fingerprint density at radius 2 is 1.96 bits per heavy atom. The number of nitrogens with one attached hydrogen (secondary N) is 1. The molecule has 1 N–H and O–H groups in total. The molecule has 2 heterocycles. The zero-order valence-corrected chi connectivity index (χ0v) is 16.0. The van der Waals surface area contributed by atoms with E-state index >= 15 is 0 Å². The van der Waals surface area contributed by atoms with Crippen molar-refractivity contribution in [2.24, 2.45) is 0 Å². The molecule has 3 aromatic rings. The van der Waals surface area contributed by atoms with E-state index < -0.39 is 17.2 Å². The second-order valence-corrected chi connectivity index (χ2v) is 7.70. The molecule has 0 radical (unpaired) electrons. The van der Waals surface area contributed by atoms with E-state index in [1.54, 1.807) is 36.9 Å². The number of hydrogen-bond acceptors (Lipinski definition) is 4. The van der Waals surface area contributed by atoms with Crippen LogP contribution in [0.1, 0.15) is 34.2 Å². The van der Waals surface area contributed by atoms with Crippen LogP contribution in [0, 0.1) is 12.7 Å². The standard InChI is InChI=1S/C21H18FN3O2S/c1-13-12-18(26)20(24-25(13)17-8-4-3-7-15(17)22)21(27)23-16-10-11-28-19-9-5-2-6-14(16)19/h2-9,12,16H,10-11H2,1H3,(H,23,27). The summed E-state index contributed by atoms with van der Waals surface area (Å²) in [5, 5.41) is 7.09. The van der Waals surface area contributed by atoms with Crippen molar-refractivity contribution < 1.29 is 9.18 Å². The summed E-state index contributed by atoms with van der Waals surface area (Å²) < 4.78 is 15.5. The molecule has 1 amide bonds. The lowest BCUT2D eigenvalue weighted by Crippen LogP contribution is -2.35. The number of para-hydroxylation sites is 1. The Labute approximate surface area is 165 Å². The van der Waals surface area contributed by atoms with Gasteiger partial charge in [0.15, 0.2) is 5.69 Å². The van der Waals surface area contributed by atoms with Gasteiger partial charge in [-0.25, -0.2) is 9.07 Å². The molecule has 0 saturated heterocycles. The van der Waals surface area contributed by atoms with Crippen molar-refractivity contribution in [1.82, 2.24) is 15.1 Å². The Balaban J connectivity index is 1.68. The number of carbonyl (C=O) groups is 1. The third-order valence-electron chi connectivity index (χ3n) is 4.67. The zero-order valence-electron chi connectivity index (χ0n) is 15.2. The number of aromatic nitrogens is 2. The van der Waals surface area contributed by atoms with E-state index in [9.17, 15) is 14.0 Å². The van der Waals surface area contributed by atoms with Gasteiger partial charge in [-0.2, -0.15) is 5.10 Å². The number of thioether (sulfide) groups is 1. The molecule has 1 aliphatic rings. The van der Waals surface area contributed by atoms with Crippen LogP contribution in [-0.4, -0.2) is 21.4 Å². The van der Waals surface area contributed by atoms with Crippen molar-refractivity contribution in [3.05, 3.63) is 87.6 Å². The molecule has 1 atom stereocenters. The second kappa shape index (κ2) is 7.59. The topological polar surface area (TPSA) is 64.0 Å². The quantitative estimate of drug-likeness (QED) is 0.735. The molecule has 1 aromatic heterocycles. The highest BCUT2D eigenvalue weighted by atomic mass is 32.2. The van der Waals surface area contributed by atoms with Gasteiger partial charge < -0.3 is 5.32 Å². The summed E-state index contributed by atoms with van der Waals surface area (Å²) in [6.07, 6.45) is 0.765. The van der Waals surface area contributed by atoms with Crippen LogP contribution < -0.4 is 10.7 Å². The first-order valence-electron chi connectivity index (χ1n) is 8.93. The first kappa shape index (κ1) is 18.4. The van der Waals surface area contributed by atoms with Crippen molar-refractivity contribution >= 4 is 17.7 Å². The fourth-order valence-electron chi connectivity index (χ4n) is 3.29. The number of amides is 1. The summed E-state index contributed by atoms with van der Waals surface area (Å²) >= 11 is 1.75. The van der Waals surface area contributed by atoms with E-state index in [1.807, 2.05) is 24.3 Å². The molecule has 142 valence electrons. The van der Waals surface area contributed by atoms with Gasteiger partial charge in [0.1, 0.15) is 11.5 Å². The van der Waals surface area contributed by atoms with Crippen LogP contribution in [-0.2, 0) is 0 Å². The molecule has 0 bridgehead atoms. The van der Waals surface area contributed by atoms with E-state index in [0.717, 1.165) is 22.6 Å². The van der Waals surface area contributed by atoms with Gasteiger partial charge in [0.25, 0.3) is 5.91 Å². The van der Waals surface area contributed by atoms with Gasteiger partial charge in [-0.1, -0.05) is 30.3 Å². The molecule has 0 saturated carbocycles. The maximum Gasteiger partial charge on any atom is 0.276 e. The maximum atomic E-state index is 14.2. The predicted octanol–water partition coefficient (Wildman–Crippen LogP) is 3.65. The molecule has 4 rings (SSSR count). The number of nitrogens with zero attached hydrogens (tertiary/aromatic N) is 2. The summed E-state index contributed by atoms with van der Waals surface area (Å²) in [6, 6.07) is 15.1. The monoisotopic (exact) mass is 395 g/mol. The summed E-state index contributed by atoms with van der Waals surface area (Å²) in [7, 11) is 0. The van der Waals surface area contributed by atoms with Gasteiger partial charge in [0.2, 0.25) is 5.43 Å². The molecule has 1 aliphatic heterocycles. The number of aryl methyl sites for hydroxylation is 1. The van der Waals surface area contributed by atoms with E-state index in [4.69, 9.17) is 0 Å². The van der Waals surface area contributed by atoms with Crippen LogP contribution in [0.15, 0.2) is 64.3 Å². The van der Waals surface area contributed by atoms with Crippen LogP contribution in [0.3, 0.4) is 0 Å². The SMILES string of the molecule is Cc1cc(=O)c(C(=O)NC2CCSc3ccccc32)nn1-c1ccccc1F. The Kier molecular flexibility index (Phi) is 5.00. The molecule has 0 aliphatic carbocycles. The molecule has 0 spiro atoms. The highest BCUT2D eigenvalue weighted by Gasteiger charge is 2.24. The van der Waals surface area contributed by atoms with Crippen LogP contribution in [0.25, 0.3) is 5.69 Å². The molecular weight excluding hydrogens is 377 g/mol. The average Bonchev–Trinajstić information content (AvgIpc) is 2.69. The lowest BCUT2D eigenvalue weighted by Gasteiger charge is -2.25. The highest BCUT2D eigenvalue weighted by molar-refractivity contribution is 7.99. The third kappa shape index (κ3) is 3.45. The number of hydrogen-bond donors (Lipinski definition) is 1. The second-order valence-electron chi connectivity index (χ2n) is 6.56. The van der Waals surface area contributed by atoms with Gasteiger partial charge in [0, 0.05) is 22.4 Å². The molecule has 7 heteroatoms. The minimum Gasteiger partial charge on any atom is -0.344 e. The van der Waals surface area contributed by atoms with Crippen LogP contribution in [0.5, 0.6) is 0 Å². The highest BCUT2D eigenvalue weighted by Crippen LogP contribution is 2.35. The maximum absolute atomic E-state index is 14.2. The Morgan fingerprint density at radius 1 is 1.21 bits per heavy atom. The van der Waals surface area contributed by atoms with E-state index in [-0.39, 0.29) is 17.4 Å². The Morgan fingerprint density at radius 3 is 2.79 bits per heavy atom. The molecule has 1 unspecified atom stereocenters. The number of benzene rings is 2. The average molecular weight is 395 g/mol. The minimum atomic E-state index is -0.554. The van der Waals surface area contributed by atoms with Gasteiger partial charge >= 0.3 is 0 Å². The van der Waals surface area contributed by atoms with E-state index in [1.165, 1.54) is 16.8 Å². The lowest BCUT2D eigenvalue weighted by atomic mass is 10.0. The summed E-state index contributed by atoms with van der Waals surface area (Å²) in [6.45, 7) is 1.65. The van der Waals surface area contributed by atoms with E-state index in [0.29, 0.717) is 5.69 Å². The molecular formula is C21H18FN3O2S. The van der Waals surface area contributed by atoms with Crippen molar-refractivity contribution in [1.29, 1.82) is 0 Å². The largest absolute Gasteiger partial charge is 0.344 e. The fourth-order valence-corrected chi connectivity index (χ4v) is 4.42. The predicted molar refractivity (Wildman–Crippen MR) is 107 cm³/mol. The van der Waals surface area contributed by atoms with Crippen molar-refractivity contribution in [2.75, 3.05) is 5.75 Å². The van der Waals surface area contributed by atoms with Crippen LogP contribution in [0.4, 0.5) is 4.39 Å². The van der Waals surface area contributed by atoms with Gasteiger partial charge in [-0.3, -0.25) is 9.59 Å². The van der Waals surface area contributed by atoms with Gasteiger partial charge in [0.05, 0.1) is 6.04 Å². The van der Waals surface area contributed by atoms with Crippen LogP contribution in [0.2, 0.25) is 0 Å². The molecule has 5 nitrogen and oxygen atoms in total. The zero-order chi connectivity index (χ0) is 19.7.